The first kappa shape index (κ1) is 25.0. The van der Waals surface area contributed by atoms with Gasteiger partial charge in [-0.25, -0.2) is 4.98 Å². The molecule has 3 aromatic rings. The average Bonchev–Trinajstić information content (AvgIpc) is 3.34. The lowest BCUT2D eigenvalue weighted by Gasteiger charge is -2.40. The molecule has 1 aromatic heterocycles. The number of halogens is 5. The number of likely N-dealkylation sites (tertiary alicyclic amines) is 1. The lowest BCUT2D eigenvalue weighted by molar-refractivity contribution is 0.0768. The molecular formula is C25H28F5N3O2S. The molecule has 5 nitrogen and oxygen atoms in total. The molecule has 0 spiro atoms. The van der Waals surface area contributed by atoms with Crippen molar-refractivity contribution < 1.29 is 24.2 Å². The number of aromatic nitrogens is 2. The second kappa shape index (κ2) is 8.17. The Hall–Kier alpha value is -2.66. The maximum atomic E-state index is 13.3. The fourth-order valence-corrected chi connectivity index (χ4v) is 5.98. The number of nitrogens with zero attached hydrogens (tertiary/aromatic N) is 3. The van der Waals surface area contributed by atoms with Crippen LogP contribution in [0.2, 0.25) is 0 Å². The summed E-state index contributed by atoms with van der Waals surface area (Å²) in [6, 6.07) is 8.57. The van der Waals surface area contributed by atoms with Crippen molar-refractivity contribution >= 4 is 21.1 Å². The zero-order valence-corrected chi connectivity index (χ0v) is 20.6. The Morgan fingerprint density at radius 1 is 0.917 bits per heavy atom. The molecule has 2 fully saturated rings. The quantitative estimate of drug-likeness (QED) is 0.330. The Balaban J connectivity index is 1.36. The van der Waals surface area contributed by atoms with Gasteiger partial charge >= 0.3 is 10.2 Å². The fourth-order valence-electron chi connectivity index (χ4n) is 5.31. The molecule has 5 rings (SSSR count). The third kappa shape index (κ3) is 5.08. The zero-order chi connectivity index (χ0) is 25.8. The molecule has 0 bridgehead atoms. The van der Waals surface area contributed by atoms with E-state index in [1.807, 2.05) is 0 Å². The van der Waals surface area contributed by atoms with Crippen molar-refractivity contribution in [3.63, 3.8) is 0 Å². The molecule has 36 heavy (non-hydrogen) atoms. The number of ether oxygens (including phenoxy) is 1. The van der Waals surface area contributed by atoms with E-state index in [0.717, 1.165) is 36.6 Å². The third-order valence-electron chi connectivity index (χ3n) is 7.17. The van der Waals surface area contributed by atoms with Gasteiger partial charge in [0.1, 0.15) is 22.6 Å². The molecular weight excluding hydrogens is 501 g/mol. The summed E-state index contributed by atoms with van der Waals surface area (Å²) < 4.78 is 73.7. The highest BCUT2D eigenvalue weighted by molar-refractivity contribution is 8.45. The smallest absolute Gasteiger partial charge is 0.310 e. The molecule has 0 N–H and O–H groups in total. The van der Waals surface area contributed by atoms with E-state index < -0.39 is 26.1 Å². The Labute approximate surface area is 205 Å². The van der Waals surface area contributed by atoms with Crippen LogP contribution in [0.3, 0.4) is 0 Å². The van der Waals surface area contributed by atoms with Crippen molar-refractivity contribution in [2.45, 2.75) is 62.5 Å². The number of hydrogen-bond donors (Lipinski definition) is 0. The third-order valence-corrected chi connectivity index (χ3v) is 8.31. The molecule has 1 aliphatic carbocycles. The van der Waals surface area contributed by atoms with Crippen LogP contribution in [0.5, 0.6) is 5.75 Å². The van der Waals surface area contributed by atoms with Gasteiger partial charge in [-0.05, 0) is 75.1 Å². The molecule has 2 aromatic carbocycles. The molecule has 0 unspecified atom stereocenters. The van der Waals surface area contributed by atoms with Crippen LogP contribution in [-0.2, 0) is 0 Å². The van der Waals surface area contributed by atoms with Crippen molar-refractivity contribution in [3.05, 3.63) is 58.6 Å². The second-order valence-electron chi connectivity index (χ2n) is 9.73. The Kier molecular flexibility index (Phi) is 5.68. The van der Waals surface area contributed by atoms with Crippen LogP contribution in [0.25, 0.3) is 16.6 Å². The minimum absolute atomic E-state index is 0.0803. The Morgan fingerprint density at radius 3 is 2.17 bits per heavy atom. The van der Waals surface area contributed by atoms with Gasteiger partial charge in [0, 0.05) is 19.1 Å². The summed E-state index contributed by atoms with van der Waals surface area (Å²) in [5.74, 6) is 0.848. The first-order valence-electron chi connectivity index (χ1n) is 12.1. The summed E-state index contributed by atoms with van der Waals surface area (Å²) in [4.78, 5) is 17.7. The number of fused-ring (bicyclic) bond motifs is 1. The van der Waals surface area contributed by atoms with Gasteiger partial charge in [0.2, 0.25) is 0 Å². The molecule has 1 saturated heterocycles. The van der Waals surface area contributed by atoms with E-state index in [1.54, 1.807) is 24.3 Å². The van der Waals surface area contributed by atoms with Crippen molar-refractivity contribution in [2.75, 3.05) is 13.1 Å². The maximum absolute atomic E-state index is 13.3. The van der Waals surface area contributed by atoms with Crippen molar-refractivity contribution in [2.24, 2.45) is 0 Å². The molecule has 2 heterocycles. The first-order chi connectivity index (χ1) is 16.8. The second-order valence-corrected chi connectivity index (χ2v) is 12.1. The minimum Gasteiger partial charge on any atom is -0.490 e. The van der Waals surface area contributed by atoms with E-state index in [-0.39, 0.29) is 29.6 Å². The van der Waals surface area contributed by atoms with Crippen LogP contribution in [0.15, 0.2) is 52.2 Å². The Morgan fingerprint density at radius 2 is 1.56 bits per heavy atom. The predicted octanol–water partition coefficient (Wildman–Crippen LogP) is 7.14. The largest absolute Gasteiger partial charge is 0.490 e. The molecule has 1 aliphatic heterocycles. The number of aryl methyl sites for hydroxylation is 1. The molecule has 11 heteroatoms. The van der Waals surface area contributed by atoms with Crippen LogP contribution in [0.4, 0.5) is 19.4 Å². The van der Waals surface area contributed by atoms with Crippen LogP contribution in [0, 0.1) is 6.92 Å². The summed E-state index contributed by atoms with van der Waals surface area (Å²) >= 11 is 0. The number of rotatable bonds is 5. The van der Waals surface area contributed by atoms with E-state index in [9.17, 15) is 24.2 Å². The fraction of sp³-hybridized carbons (Fsp3) is 0.440. The van der Waals surface area contributed by atoms with Crippen LogP contribution < -0.4 is 10.3 Å². The van der Waals surface area contributed by atoms with E-state index in [1.165, 1.54) is 32.6 Å². The summed E-state index contributed by atoms with van der Waals surface area (Å²) in [5, 5.41) is -0.527. The summed E-state index contributed by atoms with van der Waals surface area (Å²) in [6.45, 7) is 3.54. The zero-order valence-electron chi connectivity index (χ0n) is 19.8. The van der Waals surface area contributed by atoms with Gasteiger partial charge in [-0.3, -0.25) is 9.36 Å². The molecule has 0 radical (unpaired) electrons. The van der Waals surface area contributed by atoms with Gasteiger partial charge in [0.05, 0.1) is 16.6 Å². The lowest BCUT2D eigenvalue weighted by atomic mass is 10.0. The minimum atomic E-state index is -9.94. The van der Waals surface area contributed by atoms with Crippen LogP contribution in [0.1, 0.15) is 44.3 Å². The lowest BCUT2D eigenvalue weighted by Crippen LogP contribution is -2.43. The van der Waals surface area contributed by atoms with Crippen molar-refractivity contribution in [1.82, 2.24) is 14.5 Å². The highest BCUT2D eigenvalue weighted by atomic mass is 32.5. The molecule has 0 amide bonds. The van der Waals surface area contributed by atoms with Gasteiger partial charge in [-0.2, -0.15) is 0 Å². The molecule has 0 atom stereocenters. The van der Waals surface area contributed by atoms with Gasteiger partial charge in [-0.15, -0.1) is 0 Å². The summed E-state index contributed by atoms with van der Waals surface area (Å²) in [5.41, 5.74) is -0.578. The first-order valence-corrected chi connectivity index (χ1v) is 14.0. The molecule has 2 aliphatic rings. The standard InChI is InChI=1S/C25H28F5N3O2S/c1-17-31-24-11-10-22(36(26,27,28,29)30)16-23(24)25(34)33(17)19-6-8-20(9-7-19)35-21-12-14-32(15-13-21)18-4-2-3-5-18/h6-11,16,18,21H,2-5,12-15H2,1H3. The van der Waals surface area contributed by atoms with E-state index in [0.29, 0.717) is 17.5 Å². The normalized spacial score (nSPS) is 20.4. The van der Waals surface area contributed by atoms with Gasteiger partial charge in [0.25, 0.3) is 5.56 Å². The SMILES string of the molecule is Cc1nc2ccc(S(F)(F)(F)(F)F)cc2c(=O)n1-c1ccc(OC2CCN(C3CCCC3)CC2)cc1. The highest BCUT2D eigenvalue weighted by Crippen LogP contribution is 3.02. The number of benzene rings is 2. The van der Waals surface area contributed by atoms with Crippen LogP contribution in [-0.4, -0.2) is 39.7 Å². The average molecular weight is 530 g/mol. The topological polar surface area (TPSA) is 47.4 Å². The summed E-state index contributed by atoms with van der Waals surface area (Å²) in [7, 11) is -9.94. The summed E-state index contributed by atoms with van der Waals surface area (Å²) in [6.07, 6.45) is 7.11. The highest BCUT2D eigenvalue weighted by Gasteiger charge is 2.65. The number of hydrogen-bond acceptors (Lipinski definition) is 4. The molecule has 1 saturated carbocycles. The van der Waals surface area contributed by atoms with Gasteiger partial charge < -0.3 is 9.64 Å². The van der Waals surface area contributed by atoms with Crippen LogP contribution >= 0.6 is 10.2 Å². The van der Waals surface area contributed by atoms with E-state index in [4.69, 9.17) is 4.74 Å². The van der Waals surface area contributed by atoms with Crippen molar-refractivity contribution in [1.29, 1.82) is 0 Å². The van der Waals surface area contributed by atoms with Gasteiger partial charge in [0.15, 0.2) is 0 Å². The van der Waals surface area contributed by atoms with Gasteiger partial charge in [-0.1, -0.05) is 32.3 Å². The monoisotopic (exact) mass is 529 g/mol. The Bertz CT molecular complexity index is 1350. The van der Waals surface area contributed by atoms with E-state index >= 15 is 0 Å². The molecule has 196 valence electrons. The van der Waals surface area contributed by atoms with Crippen molar-refractivity contribution in [3.8, 4) is 11.4 Å². The maximum Gasteiger partial charge on any atom is 0.310 e. The van der Waals surface area contributed by atoms with E-state index in [2.05, 4.69) is 9.88 Å². The predicted molar refractivity (Wildman–Crippen MR) is 131 cm³/mol. The number of piperidine rings is 1.